The number of alkyl halides is 1. The molecule has 0 saturated heterocycles. The Morgan fingerprint density at radius 3 is 2.69 bits per heavy atom. The van der Waals surface area contributed by atoms with Crippen LogP contribution in [0.2, 0.25) is 25.7 Å². The van der Waals surface area contributed by atoms with Gasteiger partial charge in [-0.15, -0.1) is 0 Å². The first-order chi connectivity index (χ1) is 17.2. The van der Waals surface area contributed by atoms with E-state index >= 15 is 0 Å². The quantitative estimate of drug-likeness (QED) is 0.247. The molecule has 1 aliphatic rings. The van der Waals surface area contributed by atoms with Crippen LogP contribution >= 0.6 is 0 Å². The number of carbonyl (C=O) groups excluding carboxylic acids is 1. The topological polar surface area (TPSA) is 83.2 Å². The minimum Gasteiger partial charge on any atom is -0.494 e. The van der Waals surface area contributed by atoms with Gasteiger partial charge in [-0.2, -0.15) is 0 Å². The largest absolute Gasteiger partial charge is 0.494 e. The second-order valence-electron chi connectivity index (χ2n) is 10.6. The van der Waals surface area contributed by atoms with E-state index in [0.29, 0.717) is 18.3 Å². The number of nitrogens with one attached hydrogen (secondary N) is 1. The number of halogens is 1. The molecular weight excluding hydrogens is 477 g/mol. The smallest absolute Gasteiger partial charge is 0.231 e. The number of benzene rings is 1. The Balaban J connectivity index is 1.42. The molecule has 36 heavy (non-hydrogen) atoms. The minimum absolute atomic E-state index is 0.284. The van der Waals surface area contributed by atoms with Gasteiger partial charge in [0.25, 0.3) is 0 Å². The van der Waals surface area contributed by atoms with E-state index in [0.717, 1.165) is 45.8 Å². The maximum atomic E-state index is 13.2. The number of rotatable bonds is 9. The van der Waals surface area contributed by atoms with Crippen LogP contribution in [0.25, 0.3) is 33.2 Å². The number of amides is 1. The fourth-order valence-electron chi connectivity index (χ4n) is 4.37. The number of nitrogens with zero attached hydrogens (tertiary/aromatic N) is 4. The standard InChI is InChI=1S/C26H32FN5O3Si/c1-31-21(10-16-11-23(28-13-22(16)31)30-26(33)18-12-19(18)27)17-6-7-20-24(25(17)34-2)29-14-32(20)15-35-8-9-36(3,4)5/h6-7,10-11,13-14,18-19H,8-9,12,15H2,1-5H3,(H,28,30,33)/t18-,19+/m1/s1. The van der Waals surface area contributed by atoms with Crippen LogP contribution < -0.4 is 10.1 Å². The number of hydrogen-bond donors (Lipinski definition) is 1. The molecule has 1 saturated carbocycles. The monoisotopic (exact) mass is 509 g/mol. The molecule has 3 heterocycles. The van der Waals surface area contributed by atoms with E-state index < -0.39 is 20.2 Å². The van der Waals surface area contributed by atoms with Crippen molar-refractivity contribution < 1.29 is 18.7 Å². The van der Waals surface area contributed by atoms with Crippen molar-refractivity contribution in [2.24, 2.45) is 13.0 Å². The molecule has 0 radical (unpaired) electrons. The molecule has 10 heteroatoms. The summed E-state index contributed by atoms with van der Waals surface area (Å²) in [6.45, 7) is 8.20. The van der Waals surface area contributed by atoms with Gasteiger partial charge in [0.1, 0.15) is 24.2 Å². The van der Waals surface area contributed by atoms with E-state index in [4.69, 9.17) is 9.47 Å². The molecule has 3 aromatic heterocycles. The van der Waals surface area contributed by atoms with E-state index in [9.17, 15) is 9.18 Å². The van der Waals surface area contributed by atoms with Gasteiger partial charge in [0, 0.05) is 32.7 Å². The fourth-order valence-corrected chi connectivity index (χ4v) is 5.13. The summed E-state index contributed by atoms with van der Waals surface area (Å²) in [6.07, 6.45) is 2.74. The number of anilines is 1. The lowest BCUT2D eigenvalue weighted by Crippen LogP contribution is -2.21. The second kappa shape index (κ2) is 9.33. The Labute approximate surface area is 210 Å². The van der Waals surface area contributed by atoms with E-state index in [1.165, 1.54) is 0 Å². The maximum Gasteiger partial charge on any atom is 0.231 e. The molecule has 4 aromatic rings. The predicted molar refractivity (Wildman–Crippen MR) is 142 cm³/mol. The highest BCUT2D eigenvalue weighted by Gasteiger charge is 2.43. The lowest BCUT2D eigenvalue weighted by atomic mass is 10.1. The van der Waals surface area contributed by atoms with E-state index in [1.807, 2.05) is 40.4 Å². The normalized spacial score (nSPS) is 17.6. The maximum absolute atomic E-state index is 13.2. The lowest BCUT2D eigenvalue weighted by molar-refractivity contribution is -0.117. The van der Waals surface area contributed by atoms with Crippen LogP contribution in [0.5, 0.6) is 5.75 Å². The molecule has 0 aliphatic heterocycles. The molecular formula is C26H32FN5O3Si. The molecule has 190 valence electrons. The highest BCUT2D eigenvalue weighted by molar-refractivity contribution is 6.76. The van der Waals surface area contributed by atoms with Gasteiger partial charge in [0.15, 0.2) is 5.75 Å². The van der Waals surface area contributed by atoms with Crippen LogP contribution in [0.15, 0.2) is 36.8 Å². The van der Waals surface area contributed by atoms with Crippen LogP contribution in [0.3, 0.4) is 0 Å². The summed E-state index contributed by atoms with van der Waals surface area (Å²) in [7, 11) is 2.47. The van der Waals surface area contributed by atoms with Gasteiger partial charge in [0.2, 0.25) is 5.91 Å². The zero-order valence-electron chi connectivity index (χ0n) is 21.3. The first-order valence-electron chi connectivity index (χ1n) is 12.2. The summed E-state index contributed by atoms with van der Waals surface area (Å²) in [4.78, 5) is 21.1. The zero-order valence-corrected chi connectivity index (χ0v) is 22.3. The van der Waals surface area contributed by atoms with Gasteiger partial charge in [0.05, 0.1) is 42.3 Å². The zero-order chi connectivity index (χ0) is 25.6. The molecule has 2 atom stereocenters. The summed E-state index contributed by atoms with van der Waals surface area (Å²) in [5.74, 6) is 0.218. The number of fused-ring (bicyclic) bond motifs is 2. The van der Waals surface area contributed by atoms with Crippen molar-refractivity contribution in [3.8, 4) is 17.0 Å². The van der Waals surface area contributed by atoms with Crippen molar-refractivity contribution in [2.45, 2.75) is 45.0 Å². The van der Waals surface area contributed by atoms with Gasteiger partial charge >= 0.3 is 0 Å². The average Bonchev–Trinajstić information content (AvgIpc) is 3.29. The summed E-state index contributed by atoms with van der Waals surface area (Å²) in [6, 6.07) is 9.02. The van der Waals surface area contributed by atoms with Crippen LogP contribution in [-0.4, -0.2) is 53.0 Å². The van der Waals surface area contributed by atoms with Crippen LogP contribution in [-0.2, 0) is 23.3 Å². The SMILES string of the molecule is COc1c(-c2cc3cc(NC(=O)[C@@H]4C[C@@H]4F)ncc3n2C)ccc2c1ncn2COCC[Si](C)(C)C. The average molecular weight is 510 g/mol. The van der Waals surface area contributed by atoms with Crippen LogP contribution in [0.1, 0.15) is 6.42 Å². The molecule has 1 amide bonds. The Morgan fingerprint density at radius 1 is 1.22 bits per heavy atom. The van der Waals surface area contributed by atoms with Gasteiger partial charge in [-0.05, 0) is 36.7 Å². The Morgan fingerprint density at radius 2 is 2.00 bits per heavy atom. The highest BCUT2D eigenvalue weighted by atomic mass is 28.3. The summed E-state index contributed by atoms with van der Waals surface area (Å²) < 4.78 is 29.0. The molecule has 0 spiro atoms. The molecule has 1 aliphatic carbocycles. The fraction of sp³-hybridized carbons (Fsp3) is 0.423. The number of ether oxygens (including phenoxy) is 2. The number of hydrogen-bond acceptors (Lipinski definition) is 5. The van der Waals surface area contributed by atoms with Crippen molar-refractivity contribution >= 4 is 41.7 Å². The highest BCUT2D eigenvalue weighted by Crippen LogP contribution is 2.39. The van der Waals surface area contributed by atoms with E-state index in [-0.39, 0.29) is 12.3 Å². The Kier molecular flexibility index (Phi) is 6.33. The molecule has 1 fully saturated rings. The van der Waals surface area contributed by atoms with Crippen LogP contribution in [0.4, 0.5) is 10.2 Å². The molecule has 1 N–H and O–H groups in total. The summed E-state index contributed by atoms with van der Waals surface area (Å²) in [5.41, 5.74) is 4.45. The van der Waals surface area contributed by atoms with E-state index in [2.05, 4.69) is 34.9 Å². The van der Waals surface area contributed by atoms with Gasteiger partial charge in [-0.3, -0.25) is 4.79 Å². The van der Waals surface area contributed by atoms with Crippen molar-refractivity contribution in [3.63, 3.8) is 0 Å². The molecule has 0 unspecified atom stereocenters. The minimum atomic E-state index is -1.14. The van der Waals surface area contributed by atoms with Gasteiger partial charge in [-0.1, -0.05) is 19.6 Å². The molecule has 5 rings (SSSR count). The van der Waals surface area contributed by atoms with Crippen molar-refractivity contribution in [1.82, 2.24) is 19.1 Å². The molecule has 8 nitrogen and oxygen atoms in total. The van der Waals surface area contributed by atoms with Gasteiger partial charge in [-0.25, -0.2) is 14.4 Å². The second-order valence-corrected chi connectivity index (χ2v) is 16.3. The lowest BCUT2D eigenvalue weighted by Gasteiger charge is -2.15. The third-order valence-electron chi connectivity index (χ3n) is 6.68. The van der Waals surface area contributed by atoms with Crippen molar-refractivity contribution in [1.29, 1.82) is 0 Å². The van der Waals surface area contributed by atoms with E-state index in [1.54, 1.807) is 19.6 Å². The Bertz CT molecular complexity index is 1440. The number of imidazole rings is 1. The first-order valence-corrected chi connectivity index (χ1v) is 15.9. The first kappa shape index (κ1) is 24.5. The summed E-state index contributed by atoms with van der Waals surface area (Å²) >= 11 is 0. The van der Waals surface area contributed by atoms with Crippen molar-refractivity contribution in [3.05, 3.63) is 36.8 Å². The number of aromatic nitrogens is 4. The van der Waals surface area contributed by atoms with Gasteiger partial charge < -0.3 is 23.9 Å². The molecule has 1 aromatic carbocycles. The number of pyridine rings is 1. The number of aryl methyl sites for hydroxylation is 1. The number of carbonyl (C=O) groups is 1. The Hall–Kier alpha value is -3.24. The summed E-state index contributed by atoms with van der Waals surface area (Å²) in [5, 5.41) is 3.64. The third-order valence-corrected chi connectivity index (χ3v) is 8.39. The van der Waals surface area contributed by atoms with Crippen LogP contribution in [0, 0.1) is 5.92 Å². The predicted octanol–water partition coefficient (Wildman–Crippen LogP) is 5.21. The molecule has 0 bridgehead atoms. The van der Waals surface area contributed by atoms with Crippen molar-refractivity contribution in [2.75, 3.05) is 19.0 Å². The third kappa shape index (κ3) is 4.75. The number of methoxy groups -OCH3 is 1.